The zero-order chi connectivity index (χ0) is 12.3. The summed E-state index contributed by atoms with van der Waals surface area (Å²) in [5, 5.41) is 0. The predicted molar refractivity (Wildman–Crippen MR) is 64.1 cm³/mol. The van der Waals surface area contributed by atoms with Gasteiger partial charge in [-0.2, -0.15) is 0 Å². The van der Waals surface area contributed by atoms with Gasteiger partial charge in [0.2, 0.25) is 0 Å². The molecule has 17 heavy (non-hydrogen) atoms. The normalized spacial score (nSPS) is 12.1. The molecule has 0 radical (unpaired) electrons. The molecule has 2 rings (SSSR count). The number of benzene rings is 1. The topological polar surface area (TPSA) is 48.1 Å². The second kappa shape index (κ2) is 4.82. The van der Waals surface area contributed by atoms with Crippen molar-refractivity contribution in [2.24, 2.45) is 0 Å². The molecule has 1 unspecified atom stereocenters. The molecule has 1 aromatic heterocycles. The highest BCUT2D eigenvalue weighted by Crippen LogP contribution is 2.25. The molecule has 0 bridgehead atoms. The van der Waals surface area contributed by atoms with E-state index < -0.39 is 5.82 Å². The first-order valence-corrected chi connectivity index (χ1v) is 5.28. The van der Waals surface area contributed by atoms with E-state index >= 15 is 0 Å². The number of nitrogens with two attached hydrogens (primary N) is 1. The Morgan fingerprint density at radius 2 is 2.18 bits per heavy atom. The Morgan fingerprint density at radius 1 is 1.35 bits per heavy atom. The molecule has 1 aromatic carbocycles. The van der Waals surface area contributed by atoms with Crippen LogP contribution in [0.5, 0.6) is 5.75 Å². The van der Waals surface area contributed by atoms with E-state index in [-0.39, 0.29) is 11.9 Å². The Morgan fingerprint density at radius 3 is 2.82 bits per heavy atom. The van der Waals surface area contributed by atoms with Gasteiger partial charge in [-0.05, 0) is 25.1 Å². The van der Waals surface area contributed by atoms with E-state index in [1.807, 2.05) is 19.1 Å². The van der Waals surface area contributed by atoms with Crippen LogP contribution >= 0.6 is 0 Å². The zero-order valence-electron chi connectivity index (χ0n) is 9.43. The number of halogens is 1. The van der Waals surface area contributed by atoms with E-state index in [2.05, 4.69) is 4.98 Å². The van der Waals surface area contributed by atoms with Crippen LogP contribution in [0.2, 0.25) is 0 Å². The molecule has 0 saturated carbocycles. The largest absolute Gasteiger partial charge is 0.483 e. The number of hydrogen-bond donors (Lipinski definition) is 1. The molecule has 4 heteroatoms. The summed E-state index contributed by atoms with van der Waals surface area (Å²) in [6, 6.07) is 8.07. The monoisotopic (exact) mass is 232 g/mol. The van der Waals surface area contributed by atoms with E-state index in [1.165, 1.54) is 12.1 Å². The first-order valence-electron chi connectivity index (χ1n) is 5.28. The van der Waals surface area contributed by atoms with Gasteiger partial charge in [-0.15, -0.1) is 0 Å². The first-order chi connectivity index (χ1) is 8.16. The van der Waals surface area contributed by atoms with Crippen molar-refractivity contribution in [2.45, 2.75) is 13.0 Å². The number of nitrogens with zero attached hydrogens (tertiary/aromatic N) is 1. The molecule has 2 aromatic rings. The van der Waals surface area contributed by atoms with Crippen LogP contribution in [0.15, 0.2) is 42.7 Å². The van der Waals surface area contributed by atoms with Gasteiger partial charge >= 0.3 is 0 Å². The number of pyridine rings is 1. The molecule has 0 aliphatic rings. The third-order valence-corrected chi connectivity index (χ3v) is 2.41. The summed E-state index contributed by atoms with van der Waals surface area (Å²) >= 11 is 0. The Kier molecular flexibility index (Phi) is 3.23. The Bertz CT molecular complexity index is 502. The van der Waals surface area contributed by atoms with E-state index in [0.29, 0.717) is 5.69 Å². The van der Waals surface area contributed by atoms with Crippen molar-refractivity contribution >= 4 is 5.69 Å². The molecule has 3 nitrogen and oxygen atoms in total. The third kappa shape index (κ3) is 2.72. The Balaban J connectivity index is 2.16. The average molecular weight is 232 g/mol. The van der Waals surface area contributed by atoms with Crippen LogP contribution < -0.4 is 10.5 Å². The molecule has 0 aliphatic heterocycles. The summed E-state index contributed by atoms with van der Waals surface area (Å²) in [5.74, 6) is -0.267. The molecule has 0 fully saturated rings. The lowest BCUT2D eigenvalue weighted by Gasteiger charge is -2.15. The van der Waals surface area contributed by atoms with E-state index in [4.69, 9.17) is 10.5 Å². The average Bonchev–Trinajstić information content (AvgIpc) is 2.34. The van der Waals surface area contributed by atoms with Crippen molar-refractivity contribution in [2.75, 3.05) is 5.73 Å². The quantitative estimate of drug-likeness (QED) is 0.828. The molecule has 2 N–H and O–H groups in total. The lowest BCUT2D eigenvalue weighted by Crippen LogP contribution is -2.04. The summed E-state index contributed by atoms with van der Waals surface area (Å²) in [6.45, 7) is 1.84. The maximum absolute atomic E-state index is 13.5. The maximum Gasteiger partial charge on any atom is 0.167 e. The van der Waals surface area contributed by atoms with Gasteiger partial charge in [-0.25, -0.2) is 4.39 Å². The smallest absolute Gasteiger partial charge is 0.167 e. The fraction of sp³-hybridized carbons (Fsp3) is 0.154. The molecule has 88 valence electrons. The van der Waals surface area contributed by atoms with Gasteiger partial charge in [0.1, 0.15) is 6.10 Å². The third-order valence-electron chi connectivity index (χ3n) is 2.41. The van der Waals surface area contributed by atoms with Crippen LogP contribution in [-0.2, 0) is 0 Å². The summed E-state index contributed by atoms with van der Waals surface area (Å²) < 4.78 is 19.0. The van der Waals surface area contributed by atoms with Crippen molar-refractivity contribution in [3.63, 3.8) is 0 Å². The van der Waals surface area contributed by atoms with Gasteiger partial charge in [-0.3, -0.25) is 4.98 Å². The Labute approximate surface area is 99.1 Å². The zero-order valence-corrected chi connectivity index (χ0v) is 9.43. The lowest BCUT2D eigenvalue weighted by molar-refractivity contribution is 0.216. The number of nitrogen functional groups attached to an aromatic ring is 1. The minimum atomic E-state index is -0.458. The van der Waals surface area contributed by atoms with Crippen LogP contribution in [0, 0.1) is 5.82 Å². The maximum atomic E-state index is 13.5. The fourth-order valence-corrected chi connectivity index (χ4v) is 1.49. The Hall–Kier alpha value is -2.10. The van der Waals surface area contributed by atoms with Gasteiger partial charge in [0.25, 0.3) is 0 Å². The minimum Gasteiger partial charge on any atom is -0.483 e. The van der Waals surface area contributed by atoms with Crippen molar-refractivity contribution in [1.82, 2.24) is 4.98 Å². The second-order valence-corrected chi connectivity index (χ2v) is 3.74. The minimum absolute atomic E-state index is 0.190. The number of anilines is 1. The van der Waals surface area contributed by atoms with Gasteiger partial charge in [0.05, 0.1) is 0 Å². The van der Waals surface area contributed by atoms with Crippen LogP contribution in [-0.4, -0.2) is 4.98 Å². The van der Waals surface area contributed by atoms with Gasteiger partial charge in [-0.1, -0.05) is 6.07 Å². The van der Waals surface area contributed by atoms with Crippen molar-refractivity contribution in [1.29, 1.82) is 0 Å². The van der Waals surface area contributed by atoms with Gasteiger partial charge < -0.3 is 10.5 Å². The SMILES string of the molecule is CC(Oc1ccc(N)cc1F)c1cccnc1. The number of aromatic nitrogens is 1. The van der Waals surface area contributed by atoms with Gasteiger partial charge in [0, 0.05) is 29.7 Å². The number of ether oxygens (including phenoxy) is 1. The number of rotatable bonds is 3. The van der Waals surface area contributed by atoms with E-state index in [1.54, 1.807) is 18.5 Å². The molecular weight excluding hydrogens is 219 g/mol. The molecule has 0 aliphatic carbocycles. The highest BCUT2D eigenvalue weighted by molar-refractivity contribution is 5.43. The van der Waals surface area contributed by atoms with Crippen LogP contribution in [0.1, 0.15) is 18.6 Å². The standard InChI is InChI=1S/C13H13FN2O/c1-9(10-3-2-6-16-8-10)17-13-5-4-11(15)7-12(13)14/h2-9H,15H2,1H3. The van der Waals surface area contributed by atoms with Crippen molar-refractivity contribution < 1.29 is 9.13 Å². The van der Waals surface area contributed by atoms with E-state index in [0.717, 1.165) is 5.56 Å². The predicted octanol–water partition coefficient (Wildman–Crippen LogP) is 2.94. The molecule has 0 amide bonds. The second-order valence-electron chi connectivity index (χ2n) is 3.74. The van der Waals surface area contributed by atoms with Crippen molar-refractivity contribution in [3.05, 3.63) is 54.1 Å². The molecule has 0 spiro atoms. The van der Waals surface area contributed by atoms with Crippen LogP contribution in [0.3, 0.4) is 0 Å². The molecule has 1 heterocycles. The van der Waals surface area contributed by atoms with Gasteiger partial charge in [0.15, 0.2) is 11.6 Å². The fourth-order valence-electron chi connectivity index (χ4n) is 1.49. The lowest BCUT2D eigenvalue weighted by atomic mass is 10.2. The highest BCUT2D eigenvalue weighted by atomic mass is 19.1. The molecule has 0 saturated heterocycles. The van der Waals surface area contributed by atoms with Crippen LogP contribution in [0.25, 0.3) is 0 Å². The van der Waals surface area contributed by atoms with E-state index in [9.17, 15) is 4.39 Å². The molecule has 1 atom stereocenters. The summed E-state index contributed by atoms with van der Waals surface area (Å²) in [6.07, 6.45) is 3.11. The van der Waals surface area contributed by atoms with Crippen molar-refractivity contribution in [3.8, 4) is 5.75 Å². The first kappa shape index (κ1) is 11.4. The summed E-state index contributed by atoms with van der Waals surface area (Å²) in [4.78, 5) is 3.99. The number of hydrogen-bond acceptors (Lipinski definition) is 3. The summed E-state index contributed by atoms with van der Waals surface area (Å²) in [7, 11) is 0. The molecular formula is C13H13FN2O. The summed E-state index contributed by atoms with van der Waals surface area (Å²) in [5.41, 5.74) is 6.73. The van der Waals surface area contributed by atoms with Crippen LogP contribution in [0.4, 0.5) is 10.1 Å². The highest BCUT2D eigenvalue weighted by Gasteiger charge is 2.10.